The molecule has 0 aromatic carbocycles. The predicted molar refractivity (Wildman–Crippen MR) is 68.5 cm³/mol. The van der Waals surface area contributed by atoms with Crippen molar-refractivity contribution in [3.8, 4) is 12.3 Å². The Morgan fingerprint density at radius 3 is 3.00 bits per heavy atom. The minimum absolute atomic E-state index is 0.0586. The highest BCUT2D eigenvalue weighted by molar-refractivity contribution is 5.23. The summed E-state index contributed by atoms with van der Waals surface area (Å²) >= 11 is 0. The molecule has 108 valence electrons. The Balaban J connectivity index is 2.32. The zero-order valence-corrected chi connectivity index (χ0v) is 10.5. The van der Waals surface area contributed by atoms with E-state index in [1.807, 2.05) is 0 Å². The third kappa shape index (κ3) is 2.66. The molecule has 0 aliphatic carbocycles. The first-order valence-electron chi connectivity index (χ1n) is 5.92. The molecule has 8 nitrogen and oxygen atoms in total. The van der Waals surface area contributed by atoms with E-state index in [2.05, 4.69) is 10.9 Å². The van der Waals surface area contributed by atoms with Crippen LogP contribution in [0.5, 0.6) is 0 Å². The van der Waals surface area contributed by atoms with Crippen LogP contribution in [-0.2, 0) is 9.47 Å². The topological polar surface area (TPSA) is 120 Å². The van der Waals surface area contributed by atoms with E-state index in [9.17, 15) is 9.90 Å². The first kappa shape index (κ1) is 14.5. The third-order valence-corrected chi connectivity index (χ3v) is 2.98. The van der Waals surface area contributed by atoms with Crippen molar-refractivity contribution in [2.24, 2.45) is 0 Å². The van der Waals surface area contributed by atoms with E-state index in [-0.39, 0.29) is 12.4 Å². The average Bonchev–Trinajstić information content (AvgIpc) is 2.73. The lowest BCUT2D eigenvalue weighted by Gasteiger charge is -2.21. The van der Waals surface area contributed by atoms with Crippen molar-refractivity contribution in [2.45, 2.75) is 24.5 Å². The minimum atomic E-state index is -1.11. The molecule has 1 aromatic heterocycles. The molecule has 2 rings (SSSR count). The standard InChI is InChI=1S/C12H15N3O5/c1-2-5-19-10-9(17)7(6-16)20-11(10)15-4-3-8(13)14-12(15)18/h1,3-4,7,9-11,16-17H,5-6H2,(H2,13,14,18). The maximum absolute atomic E-state index is 11.8. The Hall–Kier alpha value is -1.92. The van der Waals surface area contributed by atoms with Gasteiger partial charge in [0.2, 0.25) is 0 Å². The second kappa shape index (κ2) is 6.02. The van der Waals surface area contributed by atoms with Gasteiger partial charge in [0, 0.05) is 6.20 Å². The van der Waals surface area contributed by atoms with Crippen LogP contribution in [0.3, 0.4) is 0 Å². The van der Waals surface area contributed by atoms with Gasteiger partial charge in [-0.05, 0) is 6.07 Å². The molecule has 1 aliphatic rings. The normalized spacial score (nSPS) is 29.2. The van der Waals surface area contributed by atoms with Crippen LogP contribution in [0.25, 0.3) is 0 Å². The smallest absolute Gasteiger partial charge is 0.351 e. The Labute approximate surface area is 114 Å². The van der Waals surface area contributed by atoms with Gasteiger partial charge in [0.15, 0.2) is 6.23 Å². The highest BCUT2D eigenvalue weighted by atomic mass is 16.6. The SMILES string of the molecule is C#CCOC1C(O)C(CO)OC1n1ccc(N)nc1=O. The summed E-state index contributed by atoms with van der Waals surface area (Å²) in [6, 6.07) is 1.42. The number of nitrogen functional groups attached to an aromatic ring is 1. The van der Waals surface area contributed by atoms with Crippen LogP contribution in [0.1, 0.15) is 6.23 Å². The van der Waals surface area contributed by atoms with Crippen LogP contribution < -0.4 is 11.4 Å². The summed E-state index contributed by atoms with van der Waals surface area (Å²) in [7, 11) is 0. The van der Waals surface area contributed by atoms with Crippen LogP contribution in [-0.4, -0.2) is 51.3 Å². The largest absolute Gasteiger partial charge is 0.394 e. The van der Waals surface area contributed by atoms with Crippen molar-refractivity contribution in [1.82, 2.24) is 9.55 Å². The molecule has 1 fully saturated rings. The summed E-state index contributed by atoms with van der Waals surface area (Å²) in [5, 5.41) is 19.2. The molecule has 8 heteroatoms. The van der Waals surface area contributed by atoms with Gasteiger partial charge in [-0.2, -0.15) is 4.98 Å². The molecule has 0 radical (unpaired) electrons. The lowest BCUT2D eigenvalue weighted by atomic mass is 10.1. The molecule has 1 aliphatic heterocycles. The Kier molecular flexibility index (Phi) is 4.36. The van der Waals surface area contributed by atoms with Gasteiger partial charge in [-0.25, -0.2) is 4.79 Å². The second-order valence-corrected chi connectivity index (χ2v) is 4.26. The van der Waals surface area contributed by atoms with Gasteiger partial charge in [0.05, 0.1) is 6.61 Å². The van der Waals surface area contributed by atoms with E-state index in [1.54, 1.807) is 0 Å². The first-order chi connectivity index (χ1) is 9.58. The molecule has 20 heavy (non-hydrogen) atoms. The number of rotatable bonds is 4. The maximum Gasteiger partial charge on any atom is 0.351 e. The van der Waals surface area contributed by atoms with Crippen LogP contribution in [0, 0.1) is 12.3 Å². The van der Waals surface area contributed by atoms with Gasteiger partial charge in [0.1, 0.15) is 30.7 Å². The van der Waals surface area contributed by atoms with Crippen molar-refractivity contribution < 1.29 is 19.7 Å². The summed E-state index contributed by atoms with van der Waals surface area (Å²) in [5.74, 6) is 2.34. The van der Waals surface area contributed by atoms with E-state index in [4.69, 9.17) is 26.7 Å². The fraction of sp³-hybridized carbons (Fsp3) is 0.500. The molecule has 0 bridgehead atoms. The van der Waals surface area contributed by atoms with Crippen LogP contribution in [0.2, 0.25) is 0 Å². The summed E-state index contributed by atoms with van der Waals surface area (Å²) in [5.41, 5.74) is 4.77. The molecule has 4 atom stereocenters. The summed E-state index contributed by atoms with van der Waals surface area (Å²) in [4.78, 5) is 15.4. The van der Waals surface area contributed by atoms with Crippen LogP contribution in [0.15, 0.2) is 17.1 Å². The maximum atomic E-state index is 11.8. The van der Waals surface area contributed by atoms with Gasteiger partial charge in [0.25, 0.3) is 0 Å². The van der Waals surface area contributed by atoms with Gasteiger partial charge < -0.3 is 25.4 Å². The predicted octanol–water partition coefficient (Wildman–Crippen LogP) is -1.91. The summed E-state index contributed by atoms with van der Waals surface area (Å²) in [6.45, 7) is -0.471. The van der Waals surface area contributed by atoms with Crippen molar-refractivity contribution >= 4 is 5.82 Å². The fourth-order valence-corrected chi connectivity index (χ4v) is 2.04. The Morgan fingerprint density at radius 2 is 2.40 bits per heavy atom. The van der Waals surface area contributed by atoms with Gasteiger partial charge >= 0.3 is 5.69 Å². The molecular weight excluding hydrogens is 266 g/mol. The number of hydrogen-bond acceptors (Lipinski definition) is 7. The zero-order chi connectivity index (χ0) is 14.7. The monoisotopic (exact) mass is 281 g/mol. The van der Waals surface area contributed by atoms with E-state index in [1.165, 1.54) is 12.3 Å². The summed E-state index contributed by atoms with van der Waals surface area (Å²) in [6.07, 6.45) is 2.70. The number of nitrogens with two attached hydrogens (primary N) is 1. The second-order valence-electron chi connectivity index (χ2n) is 4.26. The molecule has 4 N–H and O–H groups in total. The molecule has 0 saturated carbocycles. The quantitative estimate of drug-likeness (QED) is 0.551. The zero-order valence-electron chi connectivity index (χ0n) is 10.5. The number of terminal acetylenes is 1. The highest BCUT2D eigenvalue weighted by Crippen LogP contribution is 2.30. The molecule has 1 aromatic rings. The van der Waals surface area contributed by atoms with E-state index >= 15 is 0 Å². The van der Waals surface area contributed by atoms with E-state index in [0.29, 0.717) is 0 Å². The molecule has 2 heterocycles. The van der Waals surface area contributed by atoms with Crippen molar-refractivity contribution in [3.63, 3.8) is 0 Å². The van der Waals surface area contributed by atoms with E-state index in [0.717, 1.165) is 4.57 Å². The van der Waals surface area contributed by atoms with Crippen molar-refractivity contribution in [1.29, 1.82) is 0 Å². The summed E-state index contributed by atoms with van der Waals surface area (Å²) < 4.78 is 11.9. The number of nitrogens with zero attached hydrogens (tertiary/aromatic N) is 2. The number of aromatic nitrogens is 2. The number of ether oxygens (including phenoxy) is 2. The molecular formula is C12H15N3O5. The number of anilines is 1. The number of aliphatic hydroxyl groups is 2. The molecule has 0 spiro atoms. The minimum Gasteiger partial charge on any atom is -0.394 e. The van der Waals surface area contributed by atoms with Gasteiger partial charge in [-0.15, -0.1) is 6.42 Å². The van der Waals surface area contributed by atoms with Crippen molar-refractivity contribution in [3.05, 3.63) is 22.7 Å². The molecule has 0 amide bonds. The van der Waals surface area contributed by atoms with Gasteiger partial charge in [-0.1, -0.05) is 5.92 Å². The highest BCUT2D eigenvalue weighted by Gasteiger charge is 2.45. The van der Waals surface area contributed by atoms with Crippen LogP contribution >= 0.6 is 0 Å². The Bertz CT molecular complexity index is 567. The van der Waals surface area contributed by atoms with Crippen molar-refractivity contribution in [2.75, 3.05) is 18.9 Å². The number of hydrogen-bond donors (Lipinski definition) is 3. The average molecular weight is 281 g/mol. The molecule has 1 saturated heterocycles. The third-order valence-electron chi connectivity index (χ3n) is 2.98. The van der Waals surface area contributed by atoms with Crippen LogP contribution in [0.4, 0.5) is 5.82 Å². The molecule has 4 unspecified atom stereocenters. The van der Waals surface area contributed by atoms with E-state index < -0.39 is 36.8 Å². The first-order valence-corrected chi connectivity index (χ1v) is 5.92. The number of aliphatic hydroxyl groups excluding tert-OH is 2. The fourth-order valence-electron chi connectivity index (χ4n) is 2.04. The van der Waals surface area contributed by atoms with Gasteiger partial charge in [-0.3, -0.25) is 4.57 Å². The Morgan fingerprint density at radius 1 is 1.65 bits per heavy atom. The lowest BCUT2D eigenvalue weighted by Crippen LogP contribution is -2.38. The lowest BCUT2D eigenvalue weighted by molar-refractivity contribution is -0.0676.